The molecule has 2 aromatic carbocycles. The third-order valence-electron chi connectivity index (χ3n) is 6.53. The standard InChI is InChI=1S/C24H26N2O4/c27-15-21-20-4-2-1-3-19(20)13-26(21)12-17-7-9-25(10-8-17)14-22(28)18-5-6-23-24(11-18)30-16-29-23/h1-6,11,15,17,21H,7-10,12-14,16H2. The molecule has 3 aliphatic rings. The van der Waals surface area contributed by atoms with Crippen molar-refractivity contribution in [3.8, 4) is 11.5 Å². The lowest BCUT2D eigenvalue weighted by Gasteiger charge is -2.34. The second kappa shape index (κ2) is 8.20. The summed E-state index contributed by atoms with van der Waals surface area (Å²) in [7, 11) is 0. The number of likely N-dealkylation sites (tertiary alicyclic amines) is 1. The van der Waals surface area contributed by atoms with E-state index in [1.165, 1.54) is 5.56 Å². The Morgan fingerprint density at radius 1 is 1.07 bits per heavy atom. The van der Waals surface area contributed by atoms with E-state index in [0.717, 1.165) is 50.9 Å². The third-order valence-corrected chi connectivity index (χ3v) is 6.53. The predicted octanol–water partition coefficient (Wildman–Crippen LogP) is 3.07. The molecule has 6 heteroatoms. The monoisotopic (exact) mass is 406 g/mol. The van der Waals surface area contributed by atoms with Crippen molar-refractivity contribution in [2.24, 2.45) is 5.92 Å². The molecule has 1 fully saturated rings. The van der Waals surface area contributed by atoms with E-state index < -0.39 is 0 Å². The van der Waals surface area contributed by atoms with Crippen LogP contribution in [0.3, 0.4) is 0 Å². The number of piperidine rings is 1. The molecular weight excluding hydrogens is 380 g/mol. The molecule has 3 aliphatic heterocycles. The highest BCUT2D eigenvalue weighted by Gasteiger charge is 2.32. The summed E-state index contributed by atoms with van der Waals surface area (Å²) < 4.78 is 10.7. The number of carbonyl (C=O) groups excluding carboxylic acids is 2. The zero-order valence-corrected chi connectivity index (χ0v) is 17.0. The Balaban J connectivity index is 1.13. The van der Waals surface area contributed by atoms with Crippen LogP contribution in [0, 0.1) is 5.92 Å². The van der Waals surface area contributed by atoms with Gasteiger partial charge in [0.1, 0.15) is 6.29 Å². The van der Waals surface area contributed by atoms with E-state index in [1.54, 1.807) is 12.1 Å². The Morgan fingerprint density at radius 2 is 1.87 bits per heavy atom. The van der Waals surface area contributed by atoms with Crippen LogP contribution in [0.15, 0.2) is 42.5 Å². The summed E-state index contributed by atoms with van der Waals surface area (Å²) >= 11 is 0. The molecule has 6 nitrogen and oxygen atoms in total. The summed E-state index contributed by atoms with van der Waals surface area (Å²) in [5, 5.41) is 0. The van der Waals surface area contributed by atoms with Gasteiger partial charge in [0.25, 0.3) is 0 Å². The molecule has 0 saturated carbocycles. The summed E-state index contributed by atoms with van der Waals surface area (Å²) in [6, 6.07) is 13.5. The number of nitrogens with zero attached hydrogens (tertiary/aromatic N) is 2. The Kier molecular flexibility index (Phi) is 5.27. The molecule has 0 N–H and O–H groups in total. The van der Waals surface area contributed by atoms with Crippen LogP contribution in [-0.4, -0.2) is 54.8 Å². The van der Waals surface area contributed by atoms with Crippen molar-refractivity contribution in [3.63, 3.8) is 0 Å². The number of hydrogen-bond acceptors (Lipinski definition) is 6. The fourth-order valence-electron chi connectivity index (χ4n) is 4.84. The molecule has 0 aliphatic carbocycles. The van der Waals surface area contributed by atoms with E-state index >= 15 is 0 Å². The second-order valence-corrected chi connectivity index (χ2v) is 8.42. The lowest BCUT2D eigenvalue weighted by atomic mass is 9.95. The molecule has 0 radical (unpaired) electrons. The van der Waals surface area contributed by atoms with Gasteiger partial charge in [-0.05, 0) is 61.2 Å². The molecule has 5 rings (SSSR count). The van der Waals surface area contributed by atoms with E-state index in [2.05, 4.69) is 21.9 Å². The highest BCUT2D eigenvalue weighted by molar-refractivity contribution is 5.98. The van der Waals surface area contributed by atoms with Crippen LogP contribution in [0.4, 0.5) is 0 Å². The summed E-state index contributed by atoms with van der Waals surface area (Å²) in [4.78, 5) is 28.9. The number of carbonyl (C=O) groups is 2. The van der Waals surface area contributed by atoms with Gasteiger partial charge in [0.15, 0.2) is 17.3 Å². The maximum absolute atomic E-state index is 12.7. The van der Waals surface area contributed by atoms with Crippen molar-refractivity contribution in [2.75, 3.05) is 33.0 Å². The molecule has 1 atom stereocenters. The maximum Gasteiger partial charge on any atom is 0.231 e. The average molecular weight is 406 g/mol. The summed E-state index contributed by atoms with van der Waals surface area (Å²) in [6.45, 7) is 4.25. The highest BCUT2D eigenvalue weighted by atomic mass is 16.7. The topological polar surface area (TPSA) is 59.1 Å². The Labute approximate surface area is 176 Å². The first kappa shape index (κ1) is 19.3. The van der Waals surface area contributed by atoms with Gasteiger partial charge in [0.2, 0.25) is 6.79 Å². The molecule has 0 bridgehead atoms. The first-order valence-corrected chi connectivity index (χ1v) is 10.6. The van der Waals surface area contributed by atoms with Crippen molar-refractivity contribution in [3.05, 3.63) is 59.2 Å². The first-order valence-electron chi connectivity index (χ1n) is 10.6. The van der Waals surface area contributed by atoms with Gasteiger partial charge >= 0.3 is 0 Å². The number of hydrogen-bond donors (Lipinski definition) is 0. The minimum atomic E-state index is -0.119. The van der Waals surface area contributed by atoms with Gasteiger partial charge < -0.3 is 14.3 Å². The van der Waals surface area contributed by atoms with Crippen molar-refractivity contribution in [2.45, 2.75) is 25.4 Å². The van der Waals surface area contributed by atoms with E-state index in [1.807, 2.05) is 18.2 Å². The summed E-state index contributed by atoms with van der Waals surface area (Å²) in [6.07, 6.45) is 3.17. The van der Waals surface area contributed by atoms with Gasteiger partial charge in [-0.3, -0.25) is 14.6 Å². The van der Waals surface area contributed by atoms with Crippen molar-refractivity contribution in [1.29, 1.82) is 0 Å². The molecule has 2 aromatic rings. The van der Waals surface area contributed by atoms with Gasteiger partial charge in [-0.15, -0.1) is 0 Å². The third kappa shape index (κ3) is 3.73. The van der Waals surface area contributed by atoms with Gasteiger partial charge in [-0.2, -0.15) is 0 Å². The van der Waals surface area contributed by atoms with E-state index in [0.29, 0.717) is 29.5 Å². The Hall–Kier alpha value is -2.70. The van der Waals surface area contributed by atoms with E-state index in [4.69, 9.17) is 9.47 Å². The minimum absolute atomic E-state index is 0.114. The summed E-state index contributed by atoms with van der Waals surface area (Å²) in [5.41, 5.74) is 3.09. The largest absolute Gasteiger partial charge is 0.454 e. The molecule has 0 amide bonds. The van der Waals surface area contributed by atoms with Gasteiger partial charge in [0, 0.05) is 18.7 Å². The number of ether oxygens (including phenoxy) is 2. The average Bonchev–Trinajstić information content (AvgIpc) is 3.38. The fourth-order valence-corrected chi connectivity index (χ4v) is 4.84. The number of rotatable bonds is 6. The molecule has 1 unspecified atom stereocenters. The van der Waals surface area contributed by atoms with Crippen LogP contribution in [0.5, 0.6) is 11.5 Å². The maximum atomic E-state index is 12.7. The molecular formula is C24H26N2O4. The lowest BCUT2D eigenvalue weighted by molar-refractivity contribution is -0.112. The van der Waals surface area contributed by atoms with Crippen LogP contribution in [-0.2, 0) is 11.3 Å². The zero-order chi connectivity index (χ0) is 20.5. The molecule has 1 saturated heterocycles. The van der Waals surface area contributed by atoms with Crippen molar-refractivity contribution >= 4 is 12.1 Å². The number of aldehydes is 1. The Bertz CT molecular complexity index is 952. The van der Waals surface area contributed by atoms with Crippen molar-refractivity contribution in [1.82, 2.24) is 9.80 Å². The SMILES string of the molecule is O=CC1c2ccccc2CN1CC1CCN(CC(=O)c2ccc3c(c2)OCO3)CC1. The number of benzene rings is 2. The molecule has 0 spiro atoms. The number of fused-ring (bicyclic) bond motifs is 2. The molecule has 3 heterocycles. The van der Waals surface area contributed by atoms with E-state index in [9.17, 15) is 9.59 Å². The smallest absolute Gasteiger partial charge is 0.231 e. The predicted molar refractivity (Wildman–Crippen MR) is 112 cm³/mol. The lowest BCUT2D eigenvalue weighted by Crippen LogP contribution is -2.40. The first-order chi connectivity index (χ1) is 14.7. The quantitative estimate of drug-likeness (QED) is 0.543. The summed E-state index contributed by atoms with van der Waals surface area (Å²) in [5.74, 6) is 2.02. The molecule has 0 aromatic heterocycles. The Morgan fingerprint density at radius 3 is 2.70 bits per heavy atom. The zero-order valence-electron chi connectivity index (χ0n) is 17.0. The number of Topliss-reactive ketones (excluding diaryl/α,β-unsaturated/α-hetero) is 1. The van der Waals surface area contributed by atoms with Crippen LogP contribution in [0.25, 0.3) is 0 Å². The molecule has 156 valence electrons. The van der Waals surface area contributed by atoms with Crippen LogP contribution >= 0.6 is 0 Å². The second-order valence-electron chi connectivity index (χ2n) is 8.42. The molecule has 30 heavy (non-hydrogen) atoms. The van der Waals surface area contributed by atoms with Gasteiger partial charge in [-0.1, -0.05) is 24.3 Å². The van der Waals surface area contributed by atoms with Crippen LogP contribution < -0.4 is 9.47 Å². The van der Waals surface area contributed by atoms with Crippen molar-refractivity contribution < 1.29 is 19.1 Å². The fraction of sp³-hybridized carbons (Fsp3) is 0.417. The highest BCUT2D eigenvalue weighted by Crippen LogP contribution is 2.34. The van der Waals surface area contributed by atoms with E-state index in [-0.39, 0.29) is 18.6 Å². The van der Waals surface area contributed by atoms with Gasteiger partial charge in [-0.25, -0.2) is 0 Å². The normalized spacial score (nSPS) is 21.5. The van der Waals surface area contributed by atoms with Crippen LogP contribution in [0.2, 0.25) is 0 Å². The van der Waals surface area contributed by atoms with Gasteiger partial charge in [0.05, 0.1) is 12.6 Å². The van der Waals surface area contributed by atoms with Crippen LogP contribution in [0.1, 0.15) is 40.4 Å². The minimum Gasteiger partial charge on any atom is -0.454 e. The number of ketones is 1.